The van der Waals surface area contributed by atoms with Gasteiger partial charge < -0.3 is 10.1 Å². The van der Waals surface area contributed by atoms with E-state index in [9.17, 15) is 14.4 Å². The van der Waals surface area contributed by atoms with Crippen molar-refractivity contribution in [3.05, 3.63) is 34.3 Å². The SMILES string of the molecule is COC(=O)C(C(C)=O)C(NC(C)=O)c1ccccc1Br. The fourth-order valence-electron chi connectivity index (χ4n) is 1.95. The number of benzene rings is 1. The topological polar surface area (TPSA) is 72.5 Å². The highest BCUT2D eigenvalue weighted by atomic mass is 79.9. The summed E-state index contributed by atoms with van der Waals surface area (Å²) in [5, 5.41) is 2.64. The Kier molecular flexibility index (Phi) is 5.88. The summed E-state index contributed by atoms with van der Waals surface area (Å²) in [6.07, 6.45) is 0. The third-order valence-electron chi connectivity index (χ3n) is 2.83. The Labute approximate surface area is 125 Å². The summed E-state index contributed by atoms with van der Waals surface area (Å²) in [7, 11) is 1.21. The van der Waals surface area contributed by atoms with Gasteiger partial charge in [0.15, 0.2) is 0 Å². The van der Waals surface area contributed by atoms with Gasteiger partial charge in [0, 0.05) is 11.4 Å². The zero-order valence-electron chi connectivity index (χ0n) is 11.5. The fraction of sp³-hybridized carbons (Fsp3) is 0.357. The first-order chi connectivity index (χ1) is 9.38. The van der Waals surface area contributed by atoms with Crippen molar-refractivity contribution in [2.45, 2.75) is 19.9 Å². The van der Waals surface area contributed by atoms with Crippen LogP contribution in [0.25, 0.3) is 0 Å². The van der Waals surface area contributed by atoms with E-state index >= 15 is 0 Å². The van der Waals surface area contributed by atoms with Crippen LogP contribution in [0.15, 0.2) is 28.7 Å². The summed E-state index contributed by atoms with van der Waals surface area (Å²) in [6, 6.07) is 6.32. The molecule has 0 aliphatic rings. The molecule has 0 aromatic heterocycles. The smallest absolute Gasteiger partial charge is 0.318 e. The summed E-state index contributed by atoms with van der Waals surface area (Å²) in [5.74, 6) is -2.46. The number of Topliss-reactive ketones (excluding diaryl/α,β-unsaturated/α-hetero) is 1. The van der Waals surface area contributed by atoms with Crippen LogP contribution in [0.4, 0.5) is 0 Å². The van der Waals surface area contributed by atoms with Gasteiger partial charge in [-0.3, -0.25) is 14.4 Å². The quantitative estimate of drug-likeness (QED) is 0.656. The monoisotopic (exact) mass is 341 g/mol. The number of carbonyl (C=O) groups is 3. The average Bonchev–Trinajstić information content (AvgIpc) is 2.37. The zero-order valence-corrected chi connectivity index (χ0v) is 13.1. The Balaban J connectivity index is 3.30. The van der Waals surface area contributed by atoms with Crippen LogP contribution in [0.5, 0.6) is 0 Å². The Hall–Kier alpha value is -1.69. The lowest BCUT2D eigenvalue weighted by atomic mass is 9.90. The maximum absolute atomic E-state index is 11.9. The number of amides is 1. The molecule has 0 heterocycles. The van der Waals surface area contributed by atoms with Crippen LogP contribution < -0.4 is 5.32 Å². The summed E-state index contributed by atoms with van der Waals surface area (Å²) in [6.45, 7) is 2.63. The van der Waals surface area contributed by atoms with Crippen molar-refractivity contribution in [2.24, 2.45) is 5.92 Å². The minimum absolute atomic E-state index is 0.332. The van der Waals surface area contributed by atoms with E-state index in [-0.39, 0.29) is 11.7 Å². The van der Waals surface area contributed by atoms with Crippen LogP contribution in [0.2, 0.25) is 0 Å². The van der Waals surface area contributed by atoms with Crippen molar-refractivity contribution in [1.29, 1.82) is 0 Å². The summed E-state index contributed by atoms with van der Waals surface area (Å²) in [4.78, 5) is 35.0. The van der Waals surface area contributed by atoms with Gasteiger partial charge in [0.05, 0.1) is 13.2 Å². The van der Waals surface area contributed by atoms with Gasteiger partial charge in [0.1, 0.15) is 11.7 Å². The molecule has 0 spiro atoms. The second-order valence-corrected chi connectivity index (χ2v) is 5.17. The lowest BCUT2D eigenvalue weighted by Gasteiger charge is -2.25. The highest BCUT2D eigenvalue weighted by Gasteiger charge is 2.35. The van der Waals surface area contributed by atoms with E-state index in [2.05, 4.69) is 26.0 Å². The van der Waals surface area contributed by atoms with Gasteiger partial charge in [-0.15, -0.1) is 0 Å². The van der Waals surface area contributed by atoms with E-state index in [1.54, 1.807) is 24.3 Å². The van der Waals surface area contributed by atoms with Crippen molar-refractivity contribution >= 4 is 33.6 Å². The van der Waals surface area contributed by atoms with Crippen molar-refractivity contribution in [3.63, 3.8) is 0 Å². The Morgan fingerprint density at radius 2 is 1.80 bits per heavy atom. The van der Waals surface area contributed by atoms with Crippen molar-refractivity contribution in [3.8, 4) is 0 Å². The van der Waals surface area contributed by atoms with Crippen molar-refractivity contribution < 1.29 is 19.1 Å². The largest absolute Gasteiger partial charge is 0.468 e. The van der Waals surface area contributed by atoms with Crippen molar-refractivity contribution in [1.82, 2.24) is 5.32 Å². The van der Waals surface area contributed by atoms with Gasteiger partial charge in [0.25, 0.3) is 0 Å². The van der Waals surface area contributed by atoms with Gasteiger partial charge in [-0.25, -0.2) is 0 Å². The Morgan fingerprint density at radius 3 is 2.25 bits per heavy atom. The third kappa shape index (κ3) is 3.90. The first-order valence-corrected chi connectivity index (χ1v) is 6.77. The highest BCUT2D eigenvalue weighted by Crippen LogP contribution is 2.30. The molecule has 20 heavy (non-hydrogen) atoms. The summed E-state index contributed by atoms with van der Waals surface area (Å²) < 4.78 is 5.37. The van der Waals surface area contributed by atoms with Gasteiger partial charge in [-0.1, -0.05) is 34.1 Å². The first kappa shape index (κ1) is 16.4. The molecule has 5 nitrogen and oxygen atoms in total. The van der Waals surface area contributed by atoms with Crippen molar-refractivity contribution in [2.75, 3.05) is 7.11 Å². The average molecular weight is 342 g/mol. The second kappa shape index (κ2) is 7.19. The Bertz CT molecular complexity index is 530. The molecular formula is C14H16BrNO4. The molecule has 1 aromatic rings. The predicted octanol–water partition coefficient (Wildman–Crippen LogP) is 2.00. The van der Waals surface area contributed by atoms with Gasteiger partial charge >= 0.3 is 5.97 Å². The summed E-state index contributed by atoms with van der Waals surface area (Å²) >= 11 is 3.36. The number of ketones is 1. The maximum atomic E-state index is 11.9. The van der Waals surface area contributed by atoms with Gasteiger partial charge in [-0.05, 0) is 18.6 Å². The molecule has 0 saturated carbocycles. The molecule has 2 atom stereocenters. The van der Waals surface area contributed by atoms with E-state index in [1.165, 1.54) is 21.0 Å². The molecule has 108 valence electrons. The van der Waals surface area contributed by atoms with E-state index < -0.39 is 17.9 Å². The van der Waals surface area contributed by atoms with E-state index in [4.69, 9.17) is 0 Å². The maximum Gasteiger partial charge on any atom is 0.318 e. The fourth-order valence-corrected chi connectivity index (χ4v) is 2.48. The molecule has 0 fully saturated rings. The number of ether oxygens (including phenoxy) is 1. The normalized spacial score (nSPS) is 13.2. The molecule has 6 heteroatoms. The number of carbonyl (C=O) groups excluding carboxylic acids is 3. The molecule has 2 unspecified atom stereocenters. The number of halogens is 1. The predicted molar refractivity (Wildman–Crippen MR) is 76.9 cm³/mol. The number of hydrogen-bond donors (Lipinski definition) is 1. The molecule has 1 aromatic carbocycles. The molecule has 0 aliphatic heterocycles. The third-order valence-corrected chi connectivity index (χ3v) is 3.55. The van der Waals surface area contributed by atoms with Gasteiger partial charge in [0.2, 0.25) is 5.91 Å². The number of rotatable bonds is 5. The molecule has 1 N–H and O–H groups in total. The number of hydrogen-bond acceptors (Lipinski definition) is 4. The van der Waals surface area contributed by atoms with Crippen LogP contribution in [0, 0.1) is 5.92 Å². The number of esters is 1. The number of nitrogens with one attached hydrogen (secondary N) is 1. The van der Waals surface area contributed by atoms with Gasteiger partial charge in [-0.2, -0.15) is 0 Å². The minimum atomic E-state index is -1.08. The van der Waals surface area contributed by atoms with Crippen LogP contribution in [-0.2, 0) is 19.1 Å². The first-order valence-electron chi connectivity index (χ1n) is 5.98. The lowest BCUT2D eigenvalue weighted by molar-refractivity contribution is -0.150. The molecule has 0 saturated heterocycles. The van der Waals surface area contributed by atoms with E-state index in [1.807, 2.05) is 0 Å². The van der Waals surface area contributed by atoms with E-state index in [0.717, 1.165) is 0 Å². The zero-order chi connectivity index (χ0) is 15.3. The van der Waals surface area contributed by atoms with E-state index in [0.29, 0.717) is 10.0 Å². The standard InChI is InChI=1S/C14H16BrNO4/c1-8(17)12(14(19)20-3)13(16-9(2)18)10-6-4-5-7-11(10)15/h4-7,12-13H,1-3H3,(H,16,18). The van der Waals surface area contributed by atoms with Crippen LogP contribution in [0.1, 0.15) is 25.5 Å². The number of methoxy groups -OCH3 is 1. The van der Waals surface area contributed by atoms with Crippen LogP contribution in [0.3, 0.4) is 0 Å². The lowest BCUT2D eigenvalue weighted by Crippen LogP contribution is -2.39. The van der Waals surface area contributed by atoms with Crippen LogP contribution in [-0.4, -0.2) is 24.8 Å². The molecule has 1 rings (SSSR count). The summed E-state index contributed by atoms with van der Waals surface area (Å²) in [5.41, 5.74) is 0.647. The molecule has 0 bridgehead atoms. The molecule has 0 radical (unpaired) electrons. The van der Waals surface area contributed by atoms with Crippen LogP contribution >= 0.6 is 15.9 Å². The molecule has 1 amide bonds. The molecule has 0 aliphatic carbocycles. The minimum Gasteiger partial charge on any atom is -0.468 e. The second-order valence-electron chi connectivity index (χ2n) is 4.31. The molecular weight excluding hydrogens is 326 g/mol. The highest BCUT2D eigenvalue weighted by molar-refractivity contribution is 9.10. The Morgan fingerprint density at radius 1 is 1.20 bits per heavy atom.